The zero-order valence-corrected chi connectivity index (χ0v) is 38.9. The van der Waals surface area contributed by atoms with Gasteiger partial charge in [0.25, 0.3) is 0 Å². The van der Waals surface area contributed by atoms with Crippen LogP contribution in [0.1, 0.15) is 13.8 Å². The highest BCUT2D eigenvalue weighted by Crippen LogP contribution is 2.42. The molecule has 0 aliphatic heterocycles. The summed E-state index contributed by atoms with van der Waals surface area (Å²) in [5, 5.41) is 29.3. The number of aromatic nitrogens is 6. The van der Waals surface area contributed by atoms with Crippen molar-refractivity contribution in [3.8, 4) is 80.2 Å². The standard InChI is InChI=1S/C33H23N3O3.C27H19N3O3/c1-2-38-33-35-31(24-14-8-9-15-27(24)37)34-32(36-33)26-19-29-30(23-13-7-6-12-22(23)26)25-17-16-21(18-28(25)39-29)20-10-4-3-5-11-20;1-2-32-27-29-25(28-26(30-27)20-9-5-6-10-22(20)31)18-11-12-19-21-13-16-7-3-4-8-17(16)14-24(21)33-23(19)15-18/h3-19,37H,2H2,1H3;3-15,31H,2H2,1H3. The lowest BCUT2D eigenvalue weighted by Crippen LogP contribution is -2.03. The molecule has 4 heterocycles. The first kappa shape index (κ1) is 43.6. The van der Waals surface area contributed by atoms with Gasteiger partial charge < -0.3 is 28.5 Å². The average molecular weight is 943 g/mol. The van der Waals surface area contributed by atoms with Crippen molar-refractivity contribution in [2.24, 2.45) is 0 Å². The van der Waals surface area contributed by atoms with E-state index in [1.165, 1.54) is 5.39 Å². The van der Waals surface area contributed by atoms with E-state index in [2.05, 4.69) is 91.6 Å². The predicted octanol–water partition coefficient (Wildman–Crippen LogP) is 14.4. The van der Waals surface area contributed by atoms with Gasteiger partial charge in [-0.2, -0.15) is 19.9 Å². The van der Waals surface area contributed by atoms with E-state index in [1.54, 1.807) is 36.4 Å². The fourth-order valence-corrected chi connectivity index (χ4v) is 9.15. The number of benzene rings is 9. The molecule has 0 unspecified atom stereocenters. The van der Waals surface area contributed by atoms with Crippen LogP contribution in [-0.2, 0) is 0 Å². The van der Waals surface area contributed by atoms with E-state index in [0.717, 1.165) is 82.3 Å². The number of furan rings is 2. The van der Waals surface area contributed by atoms with Crippen molar-refractivity contribution in [1.29, 1.82) is 0 Å². The number of hydrogen-bond acceptors (Lipinski definition) is 12. The lowest BCUT2D eigenvalue weighted by Gasteiger charge is -2.11. The number of aromatic hydroxyl groups is 2. The quantitative estimate of drug-likeness (QED) is 0.141. The lowest BCUT2D eigenvalue weighted by molar-refractivity contribution is 0.312. The Morgan fingerprint density at radius 1 is 0.361 bits per heavy atom. The molecule has 0 aliphatic carbocycles. The van der Waals surface area contributed by atoms with Crippen LogP contribution in [0.3, 0.4) is 0 Å². The molecule has 72 heavy (non-hydrogen) atoms. The molecule has 348 valence electrons. The summed E-state index contributed by atoms with van der Waals surface area (Å²) >= 11 is 0. The molecule has 0 amide bonds. The Morgan fingerprint density at radius 3 is 1.54 bits per heavy atom. The number of phenols is 2. The van der Waals surface area contributed by atoms with Gasteiger partial charge in [0.15, 0.2) is 23.3 Å². The Kier molecular flexibility index (Phi) is 11.1. The molecule has 0 aliphatic rings. The van der Waals surface area contributed by atoms with Gasteiger partial charge in [0.05, 0.1) is 24.3 Å². The lowest BCUT2D eigenvalue weighted by atomic mass is 9.97. The molecule has 2 N–H and O–H groups in total. The number of fused-ring (bicyclic) bond motifs is 9. The number of para-hydroxylation sites is 2. The first-order chi connectivity index (χ1) is 35.4. The molecule has 4 aromatic heterocycles. The molecule has 9 aromatic carbocycles. The Bertz CT molecular complexity index is 4190. The van der Waals surface area contributed by atoms with Crippen LogP contribution in [-0.4, -0.2) is 53.3 Å². The largest absolute Gasteiger partial charge is 0.507 e. The Balaban J connectivity index is 0.000000149. The van der Waals surface area contributed by atoms with E-state index in [4.69, 9.17) is 23.3 Å². The van der Waals surface area contributed by atoms with Crippen LogP contribution in [0.25, 0.3) is 122 Å². The van der Waals surface area contributed by atoms with Gasteiger partial charge in [-0.05, 0) is 113 Å². The average Bonchev–Trinajstić information content (AvgIpc) is 3.97. The van der Waals surface area contributed by atoms with Gasteiger partial charge in [-0.15, -0.1) is 0 Å². The smallest absolute Gasteiger partial charge is 0.320 e. The minimum absolute atomic E-state index is 0.0870. The molecule has 0 saturated heterocycles. The Labute approximate surface area is 411 Å². The molecule has 0 atom stereocenters. The van der Waals surface area contributed by atoms with Crippen molar-refractivity contribution in [2.45, 2.75) is 13.8 Å². The molecule has 12 nitrogen and oxygen atoms in total. The van der Waals surface area contributed by atoms with Crippen LogP contribution in [0.2, 0.25) is 0 Å². The van der Waals surface area contributed by atoms with E-state index in [0.29, 0.717) is 47.6 Å². The van der Waals surface area contributed by atoms with Crippen LogP contribution in [0, 0.1) is 0 Å². The van der Waals surface area contributed by atoms with E-state index < -0.39 is 0 Å². The Morgan fingerprint density at radius 2 is 0.861 bits per heavy atom. The second-order valence-corrected chi connectivity index (χ2v) is 17.0. The van der Waals surface area contributed by atoms with Crippen LogP contribution < -0.4 is 9.47 Å². The highest BCUT2D eigenvalue weighted by atomic mass is 16.5. The number of nitrogens with zero attached hydrogens (tertiary/aromatic N) is 6. The molecule has 0 fully saturated rings. The molecule has 0 spiro atoms. The summed E-state index contributed by atoms with van der Waals surface area (Å²) in [7, 11) is 0. The van der Waals surface area contributed by atoms with Crippen molar-refractivity contribution in [2.75, 3.05) is 13.2 Å². The van der Waals surface area contributed by atoms with Crippen molar-refractivity contribution < 1.29 is 28.5 Å². The first-order valence-electron chi connectivity index (χ1n) is 23.5. The zero-order chi connectivity index (χ0) is 48.7. The summed E-state index contributed by atoms with van der Waals surface area (Å²) < 4.78 is 23.9. The van der Waals surface area contributed by atoms with Gasteiger partial charge in [-0.25, -0.2) is 9.97 Å². The van der Waals surface area contributed by atoms with E-state index >= 15 is 0 Å². The van der Waals surface area contributed by atoms with E-state index in [9.17, 15) is 10.2 Å². The number of hydrogen-bond donors (Lipinski definition) is 2. The van der Waals surface area contributed by atoms with Gasteiger partial charge in [0.1, 0.15) is 33.8 Å². The van der Waals surface area contributed by atoms with Gasteiger partial charge in [0.2, 0.25) is 0 Å². The number of phenolic OH excluding ortho intramolecular Hbond substituents is 2. The molecule has 13 rings (SSSR count). The summed E-state index contributed by atoms with van der Waals surface area (Å²) in [6.07, 6.45) is 0. The summed E-state index contributed by atoms with van der Waals surface area (Å²) in [4.78, 5) is 27.4. The maximum absolute atomic E-state index is 10.5. The van der Waals surface area contributed by atoms with Crippen LogP contribution in [0.15, 0.2) is 191 Å². The fourth-order valence-electron chi connectivity index (χ4n) is 9.15. The summed E-state index contributed by atoms with van der Waals surface area (Å²) in [6, 6.07) is 59.5. The third-order valence-corrected chi connectivity index (χ3v) is 12.5. The summed E-state index contributed by atoms with van der Waals surface area (Å²) in [6.45, 7) is 4.56. The molecular weight excluding hydrogens is 901 g/mol. The normalized spacial score (nSPS) is 11.4. The summed E-state index contributed by atoms with van der Waals surface area (Å²) in [5.74, 6) is 1.75. The SMILES string of the molecule is CCOc1nc(-c2ccc3c(c2)oc2cc4ccccc4cc23)nc(-c2ccccc2O)n1.CCOc1nc(-c2ccccc2O)nc(-c2cc3oc4cc(-c5ccccc5)ccc4c3c3ccccc23)n1. The molecule has 13 aromatic rings. The van der Waals surface area contributed by atoms with Crippen molar-refractivity contribution in [3.05, 3.63) is 182 Å². The minimum atomic E-state index is 0.0870. The van der Waals surface area contributed by atoms with Gasteiger partial charge in [-0.3, -0.25) is 0 Å². The highest BCUT2D eigenvalue weighted by molar-refractivity contribution is 6.22. The maximum Gasteiger partial charge on any atom is 0.320 e. The van der Waals surface area contributed by atoms with Crippen LogP contribution in [0.5, 0.6) is 23.5 Å². The minimum Gasteiger partial charge on any atom is -0.507 e. The maximum atomic E-state index is 10.5. The van der Waals surface area contributed by atoms with Crippen molar-refractivity contribution in [3.63, 3.8) is 0 Å². The topological polar surface area (TPSA) is 163 Å². The summed E-state index contributed by atoms with van der Waals surface area (Å²) in [5.41, 5.74) is 7.95. The van der Waals surface area contributed by atoms with Crippen molar-refractivity contribution in [1.82, 2.24) is 29.9 Å². The second kappa shape index (κ2) is 18.3. The predicted molar refractivity (Wildman–Crippen MR) is 282 cm³/mol. The van der Waals surface area contributed by atoms with E-state index in [-0.39, 0.29) is 23.5 Å². The van der Waals surface area contributed by atoms with Gasteiger partial charge in [0, 0.05) is 32.7 Å². The zero-order valence-electron chi connectivity index (χ0n) is 38.9. The first-order valence-corrected chi connectivity index (χ1v) is 23.5. The second-order valence-electron chi connectivity index (χ2n) is 17.0. The van der Waals surface area contributed by atoms with E-state index in [1.807, 2.05) is 92.7 Å². The fraction of sp³-hybridized carbons (Fsp3) is 0.0667. The number of rotatable bonds is 9. The van der Waals surface area contributed by atoms with Gasteiger partial charge >= 0.3 is 12.0 Å². The molecular formula is C60H42N6O6. The van der Waals surface area contributed by atoms with Crippen LogP contribution in [0.4, 0.5) is 0 Å². The van der Waals surface area contributed by atoms with Crippen molar-refractivity contribution >= 4 is 65.4 Å². The Hall–Kier alpha value is -9.68. The van der Waals surface area contributed by atoms with Crippen LogP contribution >= 0.6 is 0 Å². The monoisotopic (exact) mass is 942 g/mol. The number of ether oxygens (including phenoxy) is 2. The molecule has 0 saturated carbocycles. The van der Waals surface area contributed by atoms with Gasteiger partial charge in [-0.1, -0.05) is 115 Å². The molecule has 12 heteroatoms. The molecule has 0 radical (unpaired) electrons. The third kappa shape index (κ3) is 8.06. The third-order valence-electron chi connectivity index (χ3n) is 12.5. The molecule has 0 bridgehead atoms. The highest BCUT2D eigenvalue weighted by Gasteiger charge is 2.21.